The van der Waals surface area contributed by atoms with Crippen LogP contribution in [-0.2, 0) is 11.3 Å². The summed E-state index contributed by atoms with van der Waals surface area (Å²) in [7, 11) is 3.88. The van der Waals surface area contributed by atoms with Crippen LogP contribution in [-0.4, -0.2) is 30.8 Å². The minimum absolute atomic E-state index is 0.0465. The molecule has 172 valence electrons. The van der Waals surface area contributed by atoms with Gasteiger partial charge in [-0.15, -0.1) is 0 Å². The first-order chi connectivity index (χ1) is 15.8. The Morgan fingerprint density at radius 1 is 0.970 bits per heavy atom. The van der Waals surface area contributed by atoms with E-state index in [1.54, 1.807) is 6.07 Å². The number of hydrogen-bond acceptors (Lipinski definition) is 3. The van der Waals surface area contributed by atoms with Crippen LogP contribution in [0.25, 0.3) is 0 Å². The van der Waals surface area contributed by atoms with Crippen molar-refractivity contribution in [3.63, 3.8) is 0 Å². The number of amides is 2. The van der Waals surface area contributed by atoms with E-state index in [9.17, 15) is 14.0 Å². The van der Waals surface area contributed by atoms with Crippen LogP contribution in [0.4, 0.5) is 15.8 Å². The van der Waals surface area contributed by atoms with Gasteiger partial charge in [0.05, 0.1) is 6.04 Å². The Kier molecular flexibility index (Phi) is 7.83. The first-order valence-corrected chi connectivity index (χ1v) is 11.0. The van der Waals surface area contributed by atoms with Gasteiger partial charge in [0.15, 0.2) is 0 Å². The summed E-state index contributed by atoms with van der Waals surface area (Å²) in [5, 5.41) is 2.84. The van der Waals surface area contributed by atoms with Gasteiger partial charge in [-0.1, -0.05) is 43.3 Å². The zero-order chi connectivity index (χ0) is 24.0. The molecule has 0 spiro atoms. The molecule has 6 heteroatoms. The molecule has 2 amide bonds. The molecule has 0 saturated heterocycles. The van der Waals surface area contributed by atoms with Crippen molar-refractivity contribution in [2.75, 3.05) is 24.3 Å². The van der Waals surface area contributed by atoms with E-state index in [0.717, 1.165) is 16.8 Å². The van der Waals surface area contributed by atoms with E-state index in [1.807, 2.05) is 86.3 Å². The molecule has 1 atom stereocenters. The highest BCUT2D eigenvalue weighted by molar-refractivity contribution is 6.04. The molecule has 3 rings (SSSR count). The van der Waals surface area contributed by atoms with Crippen LogP contribution in [0, 0.1) is 5.82 Å². The van der Waals surface area contributed by atoms with Crippen molar-refractivity contribution in [1.29, 1.82) is 0 Å². The average Bonchev–Trinajstić information content (AvgIpc) is 2.82. The molecule has 0 bridgehead atoms. The Bertz CT molecular complexity index is 1120. The third-order valence-corrected chi connectivity index (χ3v) is 5.62. The lowest BCUT2D eigenvalue weighted by atomic mass is 10.0. The maximum atomic E-state index is 13.5. The molecule has 0 aliphatic rings. The standard InChI is InChI=1S/C27H30FN3O2/c1-5-26(32)31(19(2)20-10-7-6-8-11-20)18-22-17-24(14-15-25(22)30(3)4)29-27(33)21-12-9-13-23(28)16-21/h6-17,19H,5,18H2,1-4H3,(H,29,33)/t19-/m1/s1. The monoisotopic (exact) mass is 447 g/mol. The van der Waals surface area contributed by atoms with E-state index < -0.39 is 11.7 Å². The lowest BCUT2D eigenvalue weighted by Gasteiger charge is -2.31. The summed E-state index contributed by atoms with van der Waals surface area (Å²) < 4.78 is 13.5. The van der Waals surface area contributed by atoms with Crippen LogP contribution < -0.4 is 10.2 Å². The Hall–Kier alpha value is -3.67. The van der Waals surface area contributed by atoms with Gasteiger partial charge in [-0.2, -0.15) is 0 Å². The Balaban J connectivity index is 1.92. The number of hydrogen-bond donors (Lipinski definition) is 1. The lowest BCUT2D eigenvalue weighted by molar-refractivity contribution is -0.133. The maximum absolute atomic E-state index is 13.5. The topological polar surface area (TPSA) is 52.7 Å². The Labute approximate surface area is 194 Å². The van der Waals surface area contributed by atoms with Crippen LogP contribution in [0.3, 0.4) is 0 Å². The van der Waals surface area contributed by atoms with Crippen LogP contribution in [0.15, 0.2) is 72.8 Å². The molecule has 33 heavy (non-hydrogen) atoms. The molecular formula is C27H30FN3O2. The zero-order valence-corrected chi connectivity index (χ0v) is 19.5. The quantitative estimate of drug-likeness (QED) is 0.486. The molecular weight excluding hydrogens is 417 g/mol. The van der Waals surface area contributed by atoms with E-state index in [2.05, 4.69) is 5.32 Å². The number of benzene rings is 3. The molecule has 3 aromatic carbocycles. The van der Waals surface area contributed by atoms with Crippen LogP contribution in [0.2, 0.25) is 0 Å². The molecule has 0 radical (unpaired) electrons. The number of anilines is 2. The second-order valence-electron chi connectivity index (χ2n) is 8.16. The van der Waals surface area contributed by atoms with Crippen molar-refractivity contribution in [2.24, 2.45) is 0 Å². The highest BCUT2D eigenvalue weighted by Gasteiger charge is 2.22. The van der Waals surface area contributed by atoms with Gasteiger partial charge in [0.2, 0.25) is 5.91 Å². The number of nitrogens with zero attached hydrogens (tertiary/aromatic N) is 2. The van der Waals surface area contributed by atoms with Crippen molar-refractivity contribution in [3.05, 3.63) is 95.3 Å². The smallest absolute Gasteiger partial charge is 0.255 e. The maximum Gasteiger partial charge on any atom is 0.255 e. The summed E-state index contributed by atoms with van der Waals surface area (Å²) in [5.41, 5.74) is 3.74. The van der Waals surface area contributed by atoms with Crippen molar-refractivity contribution in [3.8, 4) is 0 Å². The van der Waals surface area contributed by atoms with E-state index >= 15 is 0 Å². The van der Waals surface area contributed by atoms with E-state index in [4.69, 9.17) is 0 Å². The van der Waals surface area contributed by atoms with E-state index in [1.165, 1.54) is 18.2 Å². The SMILES string of the molecule is CCC(=O)N(Cc1cc(NC(=O)c2cccc(F)c2)ccc1N(C)C)[C@H](C)c1ccccc1. The third kappa shape index (κ3) is 5.98. The van der Waals surface area contributed by atoms with Gasteiger partial charge >= 0.3 is 0 Å². The Morgan fingerprint density at radius 2 is 1.70 bits per heavy atom. The highest BCUT2D eigenvalue weighted by Crippen LogP contribution is 2.29. The lowest BCUT2D eigenvalue weighted by Crippen LogP contribution is -2.33. The van der Waals surface area contributed by atoms with Crippen molar-refractivity contribution in [2.45, 2.75) is 32.9 Å². The highest BCUT2D eigenvalue weighted by atomic mass is 19.1. The van der Waals surface area contributed by atoms with Crippen LogP contribution >= 0.6 is 0 Å². The summed E-state index contributed by atoms with van der Waals surface area (Å²) >= 11 is 0. The fourth-order valence-corrected chi connectivity index (χ4v) is 3.80. The molecule has 3 aromatic rings. The number of carbonyl (C=O) groups excluding carboxylic acids is 2. The first-order valence-electron chi connectivity index (χ1n) is 11.0. The predicted octanol–water partition coefficient (Wildman–Crippen LogP) is 5.64. The minimum Gasteiger partial charge on any atom is -0.377 e. The van der Waals surface area contributed by atoms with Gasteiger partial charge in [0.1, 0.15) is 5.82 Å². The van der Waals surface area contributed by atoms with Crippen LogP contribution in [0.1, 0.15) is 47.8 Å². The molecule has 0 saturated carbocycles. The van der Waals surface area contributed by atoms with Gasteiger partial charge < -0.3 is 15.1 Å². The zero-order valence-electron chi connectivity index (χ0n) is 19.5. The van der Waals surface area contributed by atoms with Gasteiger partial charge in [-0.25, -0.2) is 4.39 Å². The molecule has 0 aliphatic carbocycles. The van der Waals surface area contributed by atoms with E-state index in [0.29, 0.717) is 18.7 Å². The molecule has 0 aliphatic heterocycles. The fraction of sp³-hybridized carbons (Fsp3) is 0.259. The van der Waals surface area contributed by atoms with Gasteiger partial charge in [-0.3, -0.25) is 9.59 Å². The third-order valence-electron chi connectivity index (χ3n) is 5.62. The summed E-state index contributed by atoms with van der Waals surface area (Å²) in [6.07, 6.45) is 0.393. The van der Waals surface area contributed by atoms with Crippen molar-refractivity contribution >= 4 is 23.2 Å². The molecule has 0 aromatic heterocycles. The first kappa shape index (κ1) is 24.0. The number of rotatable bonds is 8. The van der Waals surface area contributed by atoms with Crippen molar-refractivity contribution in [1.82, 2.24) is 4.90 Å². The Morgan fingerprint density at radius 3 is 2.33 bits per heavy atom. The second-order valence-corrected chi connectivity index (χ2v) is 8.16. The number of nitrogens with one attached hydrogen (secondary N) is 1. The summed E-state index contributed by atoms with van der Waals surface area (Å²) in [6.45, 7) is 4.27. The molecule has 5 nitrogen and oxygen atoms in total. The summed E-state index contributed by atoms with van der Waals surface area (Å²) in [4.78, 5) is 29.4. The van der Waals surface area contributed by atoms with Crippen molar-refractivity contribution < 1.29 is 14.0 Å². The van der Waals surface area contributed by atoms with Gasteiger partial charge in [0, 0.05) is 44.0 Å². The number of halogens is 1. The molecule has 0 unspecified atom stereocenters. The van der Waals surface area contributed by atoms with Gasteiger partial charge in [0.25, 0.3) is 5.91 Å². The summed E-state index contributed by atoms with van der Waals surface area (Å²) in [5.74, 6) is -0.808. The fourth-order valence-electron chi connectivity index (χ4n) is 3.80. The largest absolute Gasteiger partial charge is 0.377 e. The summed E-state index contributed by atoms with van der Waals surface area (Å²) in [6, 6.07) is 21.0. The molecule has 1 N–H and O–H groups in total. The predicted molar refractivity (Wildman–Crippen MR) is 131 cm³/mol. The average molecular weight is 448 g/mol. The molecule has 0 heterocycles. The normalized spacial score (nSPS) is 11.5. The molecule has 0 fully saturated rings. The van der Waals surface area contributed by atoms with Gasteiger partial charge in [-0.05, 0) is 54.4 Å². The minimum atomic E-state index is -0.463. The van der Waals surface area contributed by atoms with Crippen LogP contribution in [0.5, 0.6) is 0 Å². The van der Waals surface area contributed by atoms with E-state index in [-0.39, 0.29) is 17.5 Å². The number of carbonyl (C=O) groups is 2. The second kappa shape index (κ2) is 10.8.